The fourth-order valence-corrected chi connectivity index (χ4v) is 4.61. The molecule has 6 nitrogen and oxygen atoms in total. The molecule has 1 saturated heterocycles. The Kier molecular flexibility index (Phi) is 8.01. The topological polar surface area (TPSA) is 69.7 Å². The largest absolute Gasteiger partial charge is 0.340 e. The van der Waals surface area contributed by atoms with Gasteiger partial charge in [0, 0.05) is 45.7 Å². The zero-order chi connectivity index (χ0) is 22.3. The number of nitrogens with one attached hydrogen (secondary N) is 1. The van der Waals surface area contributed by atoms with Crippen molar-refractivity contribution in [2.24, 2.45) is 0 Å². The molecule has 0 atom stereocenters. The van der Waals surface area contributed by atoms with Crippen LogP contribution in [0.1, 0.15) is 23.1 Å². The van der Waals surface area contributed by atoms with E-state index in [1.807, 2.05) is 36.9 Å². The van der Waals surface area contributed by atoms with Crippen molar-refractivity contribution >= 4 is 22.0 Å². The van der Waals surface area contributed by atoms with Gasteiger partial charge in [0.15, 0.2) is 0 Å². The SMILES string of the molecule is Cc1ccc(S(=O)(=O)NCCC(=O)N2CCN(CC=Cc3ccccc3)CC2)cc1C. The number of hydrogen-bond acceptors (Lipinski definition) is 4. The smallest absolute Gasteiger partial charge is 0.240 e. The lowest BCUT2D eigenvalue weighted by atomic mass is 10.1. The first kappa shape index (κ1) is 23.2. The van der Waals surface area contributed by atoms with Gasteiger partial charge in [-0.05, 0) is 42.7 Å². The normalized spacial score (nSPS) is 15.5. The van der Waals surface area contributed by atoms with Crippen molar-refractivity contribution in [1.82, 2.24) is 14.5 Å². The van der Waals surface area contributed by atoms with Gasteiger partial charge in [0.2, 0.25) is 15.9 Å². The van der Waals surface area contributed by atoms with Gasteiger partial charge >= 0.3 is 0 Å². The van der Waals surface area contributed by atoms with Crippen molar-refractivity contribution in [1.29, 1.82) is 0 Å². The van der Waals surface area contributed by atoms with Gasteiger partial charge in [-0.1, -0.05) is 48.6 Å². The fraction of sp³-hybridized carbons (Fsp3) is 0.375. The molecular weight excluding hydrogens is 410 g/mol. The lowest BCUT2D eigenvalue weighted by molar-refractivity contribution is -0.132. The molecule has 1 amide bonds. The van der Waals surface area contributed by atoms with E-state index in [9.17, 15) is 13.2 Å². The van der Waals surface area contributed by atoms with E-state index in [4.69, 9.17) is 0 Å². The van der Waals surface area contributed by atoms with Crippen LogP contribution in [0.25, 0.3) is 6.08 Å². The lowest BCUT2D eigenvalue weighted by Crippen LogP contribution is -2.49. The minimum atomic E-state index is -3.60. The summed E-state index contributed by atoms with van der Waals surface area (Å²) in [7, 11) is -3.60. The zero-order valence-electron chi connectivity index (χ0n) is 18.3. The van der Waals surface area contributed by atoms with Crippen molar-refractivity contribution < 1.29 is 13.2 Å². The average molecular weight is 442 g/mol. The summed E-state index contributed by atoms with van der Waals surface area (Å²) in [6.07, 6.45) is 4.42. The molecule has 0 spiro atoms. The zero-order valence-corrected chi connectivity index (χ0v) is 19.1. The van der Waals surface area contributed by atoms with E-state index >= 15 is 0 Å². The van der Waals surface area contributed by atoms with E-state index in [1.165, 1.54) is 5.56 Å². The standard InChI is InChI=1S/C24H31N3O3S/c1-20-10-11-23(19-21(20)2)31(29,30)25-13-12-24(28)27-17-15-26(16-18-27)14-6-9-22-7-4-3-5-8-22/h3-11,19,25H,12-18H2,1-2H3. The van der Waals surface area contributed by atoms with Crippen LogP contribution in [0.4, 0.5) is 0 Å². The number of hydrogen-bond donors (Lipinski definition) is 1. The maximum Gasteiger partial charge on any atom is 0.240 e. The molecule has 2 aromatic carbocycles. The number of nitrogens with zero attached hydrogens (tertiary/aromatic N) is 2. The van der Waals surface area contributed by atoms with Crippen LogP contribution in [0, 0.1) is 13.8 Å². The third kappa shape index (κ3) is 6.75. The summed E-state index contributed by atoms with van der Waals surface area (Å²) in [5, 5.41) is 0. The molecule has 0 unspecified atom stereocenters. The van der Waals surface area contributed by atoms with E-state index in [1.54, 1.807) is 18.2 Å². The highest BCUT2D eigenvalue weighted by Gasteiger charge is 2.21. The molecule has 166 valence electrons. The highest BCUT2D eigenvalue weighted by atomic mass is 32.2. The van der Waals surface area contributed by atoms with Crippen LogP contribution in [-0.4, -0.2) is 63.4 Å². The minimum Gasteiger partial charge on any atom is -0.340 e. The van der Waals surface area contributed by atoms with Gasteiger partial charge in [-0.15, -0.1) is 0 Å². The first-order valence-electron chi connectivity index (χ1n) is 10.6. The van der Waals surface area contributed by atoms with Crippen LogP contribution < -0.4 is 4.72 Å². The van der Waals surface area contributed by atoms with Crippen LogP contribution in [0.3, 0.4) is 0 Å². The maximum absolute atomic E-state index is 12.5. The summed E-state index contributed by atoms with van der Waals surface area (Å²) in [5.41, 5.74) is 3.15. The van der Waals surface area contributed by atoms with Gasteiger partial charge in [0.05, 0.1) is 4.90 Å². The number of piperazine rings is 1. The lowest BCUT2D eigenvalue weighted by Gasteiger charge is -2.34. The molecular formula is C24H31N3O3S. The van der Waals surface area contributed by atoms with Crippen LogP contribution in [0.5, 0.6) is 0 Å². The second-order valence-corrected chi connectivity index (χ2v) is 9.66. The monoisotopic (exact) mass is 441 g/mol. The summed E-state index contributed by atoms with van der Waals surface area (Å²) in [6.45, 7) is 7.76. The van der Waals surface area contributed by atoms with Gasteiger partial charge in [-0.25, -0.2) is 13.1 Å². The highest BCUT2D eigenvalue weighted by molar-refractivity contribution is 7.89. The Balaban J connectivity index is 1.39. The van der Waals surface area contributed by atoms with Crippen molar-refractivity contribution in [3.63, 3.8) is 0 Å². The Bertz CT molecular complexity index is 1010. The summed E-state index contributed by atoms with van der Waals surface area (Å²) in [4.78, 5) is 16.9. The molecule has 1 heterocycles. The van der Waals surface area contributed by atoms with E-state index in [0.717, 1.165) is 30.8 Å². The van der Waals surface area contributed by atoms with Crippen molar-refractivity contribution in [3.8, 4) is 0 Å². The molecule has 0 aliphatic carbocycles. The van der Waals surface area contributed by atoms with Gasteiger partial charge in [-0.3, -0.25) is 9.69 Å². The molecule has 0 radical (unpaired) electrons. The van der Waals surface area contributed by atoms with E-state index in [0.29, 0.717) is 13.1 Å². The Morgan fingerprint density at radius 1 is 1.00 bits per heavy atom. The molecule has 1 fully saturated rings. The van der Waals surface area contributed by atoms with Gasteiger partial charge < -0.3 is 4.90 Å². The Hall–Kier alpha value is -2.48. The number of aryl methyl sites for hydroxylation is 2. The third-order valence-electron chi connectivity index (χ3n) is 5.62. The third-order valence-corrected chi connectivity index (χ3v) is 7.08. The summed E-state index contributed by atoms with van der Waals surface area (Å²) in [6, 6.07) is 15.2. The quantitative estimate of drug-likeness (QED) is 0.684. The molecule has 2 aromatic rings. The summed E-state index contributed by atoms with van der Waals surface area (Å²) < 4.78 is 27.4. The van der Waals surface area contributed by atoms with Crippen molar-refractivity contribution in [2.45, 2.75) is 25.2 Å². The number of carbonyl (C=O) groups is 1. The predicted molar refractivity (Wildman–Crippen MR) is 124 cm³/mol. The van der Waals surface area contributed by atoms with Crippen LogP contribution in [0.2, 0.25) is 0 Å². The minimum absolute atomic E-state index is 0.0118. The number of carbonyl (C=O) groups excluding carboxylic acids is 1. The Labute approximate surface area is 185 Å². The average Bonchev–Trinajstić information content (AvgIpc) is 2.76. The number of benzene rings is 2. The fourth-order valence-electron chi connectivity index (χ4n) is 3.50. The molecule has 31 heavy (non-hydrogen) atoms. The molecule has 0 saturated carbocycles. The molecule has 3 rings (SSSR count). The first-order chi connectivity index (χ1) is 14.8. The van der Waals surface area contributed by atoms with Gasteiger partial charge in [0.1, 0.15) is 0 Å². The first-order valence-corrected chi connectivity index (χ1v) is 12.1. The summed E-state index contributed by atoms with van der Waals surface area (Å²) in [5.74, 6) is -0.0118. The number of sulfonamides is 1. The van der Waals surface area contributed by atoms with E-state index in [-0.39, 0.29) is 23.8 Å². The summed E-state index contributed by atoms with van der Waals surface area (Å²) >= 11 is 0. The Morgan fingerprint density at radius 2 is 1.71 bits per heavy atom. The molecule has 0 aromatic heterocycles. The molecule has 1 aliphatic heterocycles. The molecule has 1 N–H and O–H groups in total. The second-order valence-electron chi connectivity index (χ2n) is 7.89. The van der Waals surface area contributed by atoms with Crippen molar-refractivity contribution in [3.05, 3.63) is 71.3 Å². The van der Waals surface area contributed by atoms with Crippen LogP contribution in [0.15, 0.2) is 59.5 Å². The number of amides is 1. The Morgan fingerprint density at radius 3 is 2.39 bits per heavy atom. The van der Waals surface area contributed by atoms with Gasteiger partial charge in [0.25, 0.3) is 0 Å². The molecule has 0 bridgehead atoms. The molecule has 1 aliphatic rings. The predicted octanol–water partition coefficient (Wildman–Crippen LogP) is 2.83. The van der Waals surface area contributed by atoms with Gasteiger partial charge in [-0.2, -0.15) is 0 Å². The van der Waals surface area contributed by atoms with Crippen LogP contribution in [-0.2, 0) is 14.8 Å². The highest BCUT2D eigenvalue weighted by Crippen LogP contribution is 2.14. The molecule has 7 heteroatoms. The number of rotatable bonds is 8. The van der Waals surface area contributed by atoms with E-state index < -0.39 is 10.0 Å². The second kappa shape index (κ2) is 10.7. The van der Waals surface area contributed by atoms with Crippen molar-refractivity contribution in [2.75, 3.05) is 39.3 Å². The maximum atomic E-state index is 12.5. The van der Waals surface area contributed by atoms with E-state index in [2.05, 4.69) is 33.9 Å². The van der Waals surface area contributed by atoms with Crippen LogP contribution >= 0.6 is 0 Å².